The van der Waals surface area contributed by atoms with Crippen molar-refractivity contribution in [1.82, 2.24) is 20.5 Å². The Bertz CT molecular complexity index is 542. The van der Waals surface area contributed by atoms with E-state index in [9.17, 15) is 0 Å². The largest absolute Gasteiger partial charge is 0.486 e. The lowest BCUT2D eigenvalue weighted by Gasteiger charge is -2.30. The second-order valence-corrected chi connectivity index (χ2v) is 4.99. The number of hydrogen-bond acceptors (Lipinski definition) is 5. The molecule has 0 saturated carbocycles. The van der Waals surface area contributed by atoms with Crippen LogP contribution in [-0.4, -0.2) is 40.9 Å². The maximum absolute atomic E-state index is 5.65. The van der Waals surface area contributed by atoms with Gasteiger partial charge in [0.25, 0.3) is 0 Å². The summed E-state index contributed by atoms with van der Waals surface area (Å²) in [5, 5.41) is 10.6. The van der Waals surface area contributed by atoms with Crippen LogP contribution in [0.3, 0.4) is 0 Å². The van der Waals surface area contributed by atoms with E-state index in [1.807, 2.05) is 30.3 Å². The summed E-state index contributed by atoms with van der Waals surface area (Å²) in [5.74, 6) is 2.33. The lowest BCUT2D eigenvalue weighted by Crippen LogP contribution is -2.49. The minimum atomic E-state index is 0.401. The highest BCUT2D eigenvalue weighted by Gasteiger charge is 2.19. The van der Waals surface area contributed by atoms with E-state index in [-0.39, 0.29) is 0 Å². The number of para-hydroxylation sites is 1. The van der Waals surface area contributed by atoms with Crippen LogP contribution in [0.2, 0.25) is 0 Å². The van der Waals surface area contributed by atoms with Crippen LogP contribution in [0, 0.1) is 0 Å². The van der Waals surface area contributed by atoms with Gasteiger partial charge in [-0.1, -0.05) is 18.2 Å². The van der Waals surface area contributed by atoms with Gasteiger partial charge in [-0.3, -0.25) is 5.10 Å². The molecule has 0 amide bonds. The van der Waals surface area contributed by atoms with E-state index >= 15 is 0 Å². The molecule has 1 fully saturated rings. The number of H-pyrrole nitrogens is 1. The van der Waals surface area contributed by atoms with Crippen molar-refractivity contribution in [3.63, 3.8) is 0 Å². The van der Waals surface area contributed by atoms with E-state index in [1.54, 1.807) is 0 Å². The Morgan fingerprint density at radius 2 is 2.20 bits per heavy atom. The first-order valence-electron chi connectivity index (χ1n) is 6.89. The van der Waals surface area contributed by atoms with E-state index in [0.29, 0.717) is 12.6 Å². The molecule has 2 aromatic rings. The van der Waals surface area contributed by atoms with Crippen molar-refractivity contribution in [3.8, 4) is 5.75 Å². The summed E-state index contributed by atoms with van der Waals surface area (Å²) in [4.78, 5) is 6.67. The summed E-state index contributed by atoms with van der Waals surface area (Å²) in [6.07, 6.45) is 0. The SMILES string of the molecule is CC1CN(c2n[nH]c(COc3ccccc3)n2)CCN1. The maximum Gasteiger partial charge on any atom is 0.244 e. The number of hydrogen-bond donors (Lipinski definition) is 2. The fourth-order valence-corrected chi connectivity index (χ4v) is 2.27. The molecule has 1 saturated heterocycles. The van der Waals surface area contributed by atoms with Crippen LogP contribution in [0.25, 0.3) is 0 Å². The molecule has 3 rings (SSSR count). The van der Waals surface area contributed by atoms with Gasteiger partial charge in [-0.05, 0) is 19.1 Å². The van der Waals surface area contributed by atoms with Crippen molar-refractivity contribution >= 4 is 5.95 Å². The highest BCUT2D eigenvalue weighted by Crippen LogP contribution is 2.13. The molecule has 6 heteroatoms. The molecule has 1 aromatic carbocycles. The monoisotopic (exact) mass is 273 g/mol. The van der Waals surface area contributed by atoms with E-state index in [2.05, 4.69) is 32.3 Å². The van der Waals surface area contributed by atoms with Crippen LogP contribution in [0.5, 0.6) is 5.75 Å². The molecular formula is C14H19N5O. The van der Waals surface area contributed by atoms with Crippen LogP contribution in [-0.2, 0) is 6.61 Å². The minimum absolute atomic E-state index is 0.401. The Morgan fingerprint density at radius 1 is 1.35 bits per heavy atom. The Labute approximate surface area is 118 Å². The van der Waals surface area contributed by atoms with Gasteiger partial charge >= 0.3 is 0 Å². The first kappa shape index (κ1) is 12.9. The number of nitrogens with zero attached hydrogens (tertiary/aromatic N) is 3. The topological polar surface area (TPSA) is 66.1 Å². The van der Waals surface area contributed by atoms with Crippen LogP contribution < -0.4 is 15.0 Å². The average molecular weight is 273 g/mol. The van der Waals surface area contributed by atoms with Gasteiger partial charge in [0.05, 0.1) is 0 Å². The highest BCUT2D eigenvalue weighted by molar-refractivity contribution is 5.30. The van der Waals surface area contributed by atoms with Crippen molar-refractivity contribution in [2.45, 2.75) is 19.6 Å². The third kappa shape index (κ3) is 3.08. The number of benzene rings is 1. The van der Waals surface area contributed by atoms with Gasteiger partial charge in [0.1, 0.15) is 12.4 Å². The van der Waals surface area contributed by atoms with E-state index in [0.717, 1.165) is 37.2 Å². The molecule has 106 valence electrons. The molecule has 20 heavy (non-hydrogen) atoms. The maximum atomic E-state index is 5.65. The third-order valence-corrected chi connectivity index (χ3v) is 3.29. The molecule has 1 aromatic heterocycles. The fourth-order valence-electron chi connectivity index (χ4n) is 2.27. The zero-order chi connectivity index (χ0) is 13.8. The van der Waals surface area contributed by atoms with Crippen molar-refractivity contribution in [2.24, 2.45) is 0 Å². The minimum Gasteiger partial charge on any atom is -0.486 e. The predicted octanol–water partition coefficient (Wildman–Crippen LogP) is 1.18. The molecule has 2 heterocycles. The lowest BCUT2D eigenvalue weighted by atomic mass is 10.2. The molecule has 6 nitrogen and oxygen atoms in total. The van der Waals surface area contributed by atoms with Gasteiger partial charge in [0, 0.05) is 25.7 Å². The van der Waals surface area contributed by atoms with Gasteiger partial charge in [-0.15, -0.1) is 5.10 Å². The zero-order valence-electron chi connectivity index (χ0n) is 11.5. The van der Waals surface area contributed by atoms with Crippen molar-refractivity contribution in [1.29, 1.82) is 0 Å². The fraction of sp³-hybridized carbons (Fsp3) is 0.429. The predicted molar refractivity (Wildman–Crippen MR) is 76.8 cm³/mol. The summed E-state index contributed by atoms with van der Waals surface area (Å²) in [6.45, 7) is 5.39. The molecule has 1 unspecified atom stereocenters. The Balaban J connectivity index is 1.59. The molecule has 0 bridgehead atoms. The quantitative estimate of drug-likeness (QED) is 0.875. The van der Waals surface area contributed by atoms with Gasteiger partial charge in [-0.25, -0.2) is 0 Å². The van der Waals surface area contributed by atoms with Gasteiger partial charge in [0.15, 0.2) is 5.82 Å². The van der Waals surface area contributed by atoms with Crippen molar-refractivity contribution in [2.75, 3.05) is 24.5 Å². The smallest absolute Gasteiger partial charge is 0.244 e. The van der Waals surface area contributed by atoms with E-state index < -0.39 is 0 Å². The first-order valence-corrected chi connectivity index (χ1v) is 6.89. The van der Waals surface area contributed by atoms with Crippen molar-refractivity contribution < 1.29 is 4.74 Å². The number of piperazine rings is 1. The van der Waals surface area contributed by atoms with Crippen LogP contribution in [0.15, 0.2) is 30.3 Å². The van der Waals surface area contributed by atoms with Gasteiger partial charge < -0.3 is 15.0 Å². The molecule has 2 N–H and O–H groups in total. The lowest BCUT2D eigenvalue weighted by molar-refractivity contribution is 0.296. The van der Waals surface area contributed by atoms with Crippen molar-refractivity contribution in [3.05, 3.63) is 36.2 Å². The Kier molecular flexibility index (Phi) is 3.83. The summed E-state index contributed by atoms with van der Waals surface area (Å²) < 4.78 is 5.65. The number of aromatic amines is 1. The molecule has 1 aliphatic rings. The number of ether oxygens (including phenoxy) is 1. The van der Waals surface area contributed by atoms with Crippen LogP contribution >= 0.6 is 0 Å². The highest BCUT2D eigenvalue weighted by atomic mass is 16.5. The summed E-state index contributed by atoms with van der Waals surface area (Å²) in [7, 11) is 0. The normalized spacial score (nSPS) is 19.1. The third-order valence-electron chi connectivity index (χ3n) is 3.29. The molecular weight excluding hydrogens is 254 g/mol. The number of aromatic nitrogens is 3. The first-order chi connectivity index (χ1) is 9.81. The zero-order valence-corrected chi connectivity index (χ0v) is 11.5. The second-order valence-electron chi connectivity index (χ2n) is 4.99. The summed E-state index contributed by atoms with van der Waals surface area (Å²) in [5.41, 5.74) is 0. The number of anilines is 1. The van der Waals surface area contributed by atoms with Crippen LogP contribution in [0.1, 0.15) is 12.7 Å². The molecule has 0 spiro atoms. The Hall–Kier alpha value is -2.08. The molecule has 0 aliphatic carbocycles. The number of nitrogens with one attached hydrogen (secondary N) is 2. The number of rotatable bonds is 4. The molecule has 1 atom stereocenters. The van der Waals surface area contributed by atoms with Crippen LogP contribution in [0.4, 0.5) is 5.95 Å². The second kappa shape index (κ2) is 5.92. The van der Waals surface area contributed by atoms with Gasteiger partial charge in [-0.2, -0.15) is 4.98 Å². The van der Waals surface area contributed by atoms with E-state index in [4.69, 9.17) is 4.74 Å². The molecule has 1 aliphatic heterocycles. The average Bonchev–Trinajstić information content (AvgIpc) is 2.95. The Morgan fingerprint density at radius 3 is 3.00 bits per heavy atom. The summed E-state index contributed by atoms with van der Waals surface area (Å²) >= 11 is 0. The summed E-state index contributed by atoms with van der Waals surface area (Å²) in [6, 6.07) is 10.2. The molecule has 0 radical (unpaired) electrons. The van der Waals surface area contributed by atoms with E-state index in [1.165, 1.54) is 0 Å². The van der Waals surface area contributed by atoms with Gasteiger partial charge in [0.2, 0.25) is 5.95 Å². The standard InChI is InChI=1S/C14H19N5O/c1-11-9-19(8-7-15-11)14-16-13(17-18-14)10-20-12-5-3-2-4-6-12/h2-6,11,15H,7-10H2,1H3,(H,16,17,18).